The van der Waals surface area contributed by atoms with Crippen LogP contribution in [0.3, 0.4) is 0 Å². The molecule has 4 rings (SSSR count). The highest BCUT2D eigenvalue weighted by atomic mass is 16.6. The van der Waals surface area contributed by atoms with Gasteiger partial charge in [0.05, 0.1) is 23.5 Å². The quantitative estimate of drug-likeness (QED) is 0.238. The minimum Gasteiger partial charge on any atom is -0.481 e. The fraction of sp³-hybridized carbons (Fsp3) is 0.433. The fourth-order valence-electron chi connectivity index (χ4n) is 5.91. The molecule has 2 N–H and O–H groups in total. The molecule has 0 aromatic heterocycles. The number of nitro benzene ring substituents is 1. The Bertz CT molecular complexity index is 1390. The maximum Gasteiger partial charge on any atom is 0.343 e. The van der Waals surface area contributed by atoms with Crippen LogP contribution in [0.2, 0.25) is 0 Å². The highest BCUT2D eigenvalue weighted by Gasteiger charge is 2.44. The molecule has 0 aliphatic carbocycles. The number of aliphatic imine (C=N–C) groups is 1. The smallest absolute Gasteiger partial charge is 0.343 e. The third kappa shape index (κ3) is 6.72. The molecule has 43 heavy (non-hydrogen) atoms. The number of benzene rings is 2. The van der Waals surface area contributed by atoms with Crippen LogP contribution in [0.25, 0.3) is 0 Å². The Morgan fingerprint density at radius 2 is 1.79 bits per heavy atom. The van der Waals surface area contributed by atoms with Gasteiger partial charge >= 0.3 is 18.0 Å². The SMILES string of the molecule is CCN(C(=O)CCCN1CCC(C(=O)OC)(c2ccccc2)CC1)C1=NC(=O)NC(c2ccc([N+](=O)[O-])cc2)C1C(=O)O. The van der Waals surface area contributed by atoms with Crippen molar-refractivity contribution in [2.24, 2.45) is 10.9 Å². The monoisotopic (exact) mass is 593 g/mol. The summed E-state index contributed by atoms with van der Waals surface area (Å²) in [4.78, 5) is 68.8. The second-order valence-electron chi connectivity index (χ2n) is 10.6. The maximum absolute atomic E-state index is 13.3. The van der Waals surface area contributed by atoms with E-state index in [1.807, 2.05) is 30.3 Å². The van der Waals surface area contributed by atoms with E-state index in [4.69, 9.17) is 4.74 Å². The van der Waals surface area contributed by atoms with Gasteiger partial charge in [-0.15, -0.1) is 0 Å². The zero-order valence-corrected chi connectivity index (χ0v) is 24.1. The van der Waals surface area contributed by atoms with E-state index in [9.17, 15) is 34.4 Å². The predicted octanol–water partition coefficient (Wildman–Crippen LogP) is 3.29. The summed E-state index contributed by atoms with van der Waals surface area (Å²) in [6, 6.07) is 12.9. The predicted molar refractivity (Wildman–Crippen MR) is 155 cm³/mol. The van der Waals surface area contributed by atoms with E-state index in [-0.39, 0.29) is 36.4 Å². The van der Waals surface area contributed by atoms with Gasteiger partial charge in [0.25, 0.3) is 5.69 Å². The number of carbonyl (C=O) groups excluding carboxylic acids is 3. The molecule has 13 nitrogen and oxygen atoms in total. The van der Waals surface area contributed by atoms with E-state index >= 15 is 0 Å². The van der Waals surface area contributed by atoms with Crippen LogP contribution < -0.4 is 5.32 Å². The fourth-order valence-corrected chi connectivity index (χ4v) is 5.91. The zero-order chi connectivity index (χ0) is 31.1. The minimum absolute atomic E-state index is 0.0976. The molecule has 2 aliphatic heterocycles. The number of piperidine rings is 1. The molecule has 2 aliphatic rings. The molecule has 2 aromatic carbocycles. The molecule has 2 unspecified atom stereocenters. The molecular weight excluding hydrogens is 558 g/mol. The Balaban J connectivity index is 1.41. The van der Waals surface area contributed by atoms with Gasteiger partial charge in [-0.1, -0.05) is 42.5 Å². The number of amides is 3. The summed E-state index contributed by atoms with van der Waals surface area (Å²) in [6.07, 6.45) is 1.74. The average Bonchev–Trinajstić information content (AvgIpc) is 3.01. The lowest BCUT2D eigenvalue weighted by molar-refractivity contribution is -0.384. The molecular formula is C30H35N5O8. The van der Waals surface area contributed by atoms with Crippen LogP contribution in [0.15, 0.2) is 59.6 Å². The van der Waals surface area contributed by atoms with Crippen LogP contribution in [0.4, 0.5) is 10.5 Å². The van der Waals surface area contributed by atoms with Crippen LogP contribution in [0, 0.1) is 16.0 Å². The van der Waals surface area contributed by atoms with E-state index in [1.165, 1.54) is 36.3 Å². The number of rotatable bonds is 10. The molecule has 13 heteroatoms. The molecule has 3 amide bonds. The molecule has 1 fully saturated rings. The van der Waals surface area contributed by atoms with Gasteiger partial charge < -0.3 is 20.1 Å². The topological polar surface area (TPSA) is 172 Å². The first kappa shape index (κ1) is 31.3. The molecule has 2 heterocycles. The van der Waals surface area contributed by atoms with Crippen LogP contribution in [0.5, 0.6) is 0 Å². The Morgan fingerprint density at radius 3 is 2.35 bits per heavy atom. The van der Waals surface area contributed by atoms with Crippen molar-refractivity contribution in [2.45, 2.75) is 44.1 Å². The van der Waals surface area contributed by atoms with Crippen LogP contribution >= 0.6 is 0 Å². The van der Waals surface area contributed by atoms with Gasteiger partial charge in [0, 0.05) is 25.1 Å². The highest BCUT2D eigenvalue weighted by molar-refractivity contribution is 6.12. The normalized spacial score (nSPS) is 20.0. The van der Waals surface area contributed by atoms with Gasteiger partial charge in [-0.2, -0.15) is 4.99 Å². The average molecular weight is 594 g/mol. The number of hydrogen-bond donors (Lipinski definition) is 2. The van der Waals surface area contributed by atoms with Crippen molar-refractivity contribution >= 4 is 35.4 Å². The van der Waals surface area contributed by atoms with Crippen molar-refractivity contribution in [3.63, 3.8) is 0 Å². The van der Waals surface area contributed by atoms with E-state index in [2.05, 4.69) is 15.2 Å². The zero-order valence-electron chi connectivity index (χ0n) is 24.1. The van der Waals surface area contributed by atoms with Crippen molar-refractivity contribution in [1.29, 1.82) is 0 Å². The van der Waals surface area contributed by atoms with Gasteiger partial charge in [-0.05, 0) is 56.9 Å². The largest absolute Gasteiger partial charge is 0.481 e. The molecule has 1 saturated heterocycles. The van der Waals surface area contributed by atoms with E-state index < -0.39 is 34.3 Å². The summed E-state index contributed by atoms with van der Waals surface area (Å²) < 4.78 is 5.16. The van der Waals surface area contributed by atoms with E-state index in [1.54, 1.807) is 6.92 Å². The lowest BCUT2D eigenvalue weighted by Crippen LogP contribution is -2.52. The lowest BCUT2D eigenvalue weighted by Gasteiger charge is -2.40. The summed E-state index contributed by atoms with van der Waals surface area (Å²) in [5.74, 6) is -3.47. The Kier molecular flexibility index (Phi) is 9.86. The number of nitro groups is 1. The minimum atomic E-state index is -1.38. The van der Waals surface area contributed by atoms with Crippen molar-refractivity contribution in [3.8, 4) is 0 Å². The molecule has 2 atom stereocenters. The summed E-state index contributed by atoms with van der Waals surface area (Å²) in [5, 5.41) is 23.7. The number of nitrogens with one attached hydrogen (secondary N) is 1. The number of aliphatic carboxylic acids is 1. The molecule has 0 bridgehead atoms. The van der Waals surface area contributed by atoms with Crippen LogP contribution in [-0.4, -0.2) is 82.8 Å². The van der Waals surface area contributed by atoms with Crippen molar-refractivity contribution in [3.05, 3.63) is 75.8 Å². The Hall–Kier alpha value is -4.65. The molecule has 2 aromatic rings. The third-order valence-electron chi connectivity index (χ3n) is 8.21. The first-order valence-corrected chi connectivity index (χ1v) is 14.1. The molecule has 0 radical (unpaired) electrons. The number of esters is 1. The highest BCUT2D eigenvalue weighted by Crippen LogP contribution is 2.37. The van der Waals surface area contributed by atoms with Gasteiger partial charge in [0.1, 0.15) is 11.8 Å². The van der Waals surface area contributed by atoms with Gasteiger partial charge in [0.2, 0.25) is 5.91 Å². The van der Waals surface area contributed by atoms with Gasteiger partial charge in [-0.25, -0.2) is 4.79 Å². The number of carboxylic acids is 1. The number of methoxy groups -OCH3 is 1. The van der Waals surface area contributed by atoms with Gasteiger partial charge in [-0.3, -0.25) is 29.4 Å². The molecule has 0 spiro atoms. The first-order valence-electron chi connectivity index (χ1n) is 14.1. The van der Waals surface area contributed by atoms with Crippen LogP contribution in [-0.2, 0) is 24.5 Å². The Labute approximate surface area is 248 Å². The number of nitrogens with zero attached hydrogens (tertiary/aromatic N) is 4. The number of carbonyl (C=O) groups is 4. The van der Waals surface area contributed by atoms with E-state index in [0.29, 0.717) is 44.5 Å². The maximum atomic E-state index is 13.3. The number of carboxylic acid groups (broad SMARTS) is 1. The van der Waals surface area contributed by atoms with Gasteiger partial charge in [0.15, 0.2) is 0 Å². The number of ether oxygens (including phenoxy) is 1. The summed E-state index contributed by atoms with van der Waals surface area (Å²) in [5.41, 5.74) is 0.368. The summed E-state index contributed by atoms with van der Waals surface area (Å²) in [7, 11) is 1.40. The van der Waals surface area contributed by atoms with Crippen molar-refractivity contribution in [2.75, 3.05) is 33.3 Å². The lowest BCUT2D eigenvalue weighted by atomic mass is 9.72. The third-order valence-corrected chi connectivity index (χ3v) is 8.21. The summed E-state index contributed by atoms with van der Waals surface area (Å²) >= 11 is 0. The second kappa shape index (κ2) is 13.6. The number of hydrogen-bond acceptors (Lipinski definition) is 8. The number of amidine groups is 1. The van der Waals surface area contributed by atoms with Crippen molar-refractivity contribution < 1.29 is 33.9 Å². The Morgan fingerprint density at radius 1 is 1.14 bits per heavy atom. The molecule has 0 saturated carbocycles. The van der Waals surface area contributed by atoms with Crippen molar-refractivity contribution in [1.82, 2.24) is 15.1 Å². The summed E-state index contributed by atoms with van der Waals surface area (Å²) in [6.45, 7) is 3.65. The second-order valence-corrected chi connectivity index (χ2v) is 10.6. The standard InChI is InChI=1S/C30H35N5O8/c1-3-34(26-24(27(37)38)25(31-29(40)32-26)20-11-13-22(14-12-20)35(41)42)23(36)10-7-17-33-18-15-30(16-19-33,28(39)43-2)21-8-5-4-6-9-21/h4-6,8-9,11-14,24-25H,3,7,10,15-19H2,1-2H3,(H,31,40)(H,37,38). The number of urea groups is 1. The molecule has 228 valence electrons. The number of likely N-dealkylation sites (tertiary alicyclic amines) is 1. The number of non-ortho nitro benzene ring substituents is 1. The van der Waals surface area contributed by atoms with Crippen LogP contribution in [0.1, 0.15) is 49.8 Å². The first-order chi connectivity index (χ1) is 20.6. The van der Waals surface area contributed by atoms with E-state index in [0.717, 1.165) is 5.56 Å².